The molecule has 0 unspecified atom stereocenters. The molecule has 0 N–H and O–H groups in total. The van der Waals surface area contributed by atoms with E-state index in [0.717, 1.165) is 26.9 Å². The molecule has 3 aromatic rings. The van der Waals surface area contributed by atoms with Crippen LogP contribution < -0.4 is 0 Å². The third kappa shape index (κ3) is 2.38. The van der Waals surface area contributed by atoms with Gasteiger partial charge in [-0.25, -0.2) is 4.98 Å². The van der Waals surface area contributed by atoms with Crippen molar-refractivity contribution in [2.45, 2.75) is 6.92 Å². The standard InChI is InChI=1S/C14H9BrCl2N2/c1-8-4-9(15)6-19-7-13(18-14(8)19)11-3-2-10(16)5-12(11)17/h2-7H,1H3. The lowest BCUT2D eigenvalue weighted by atomic mass is 10.2. The number of fused-ring (bicyclic) bond motifs is 1. The van der Waals surface area contributed by atoms with Crippen molar-refractivity contribution in [3.8, 4) is 11.3 Å². The summed E-state index contributed by atoms with van der Waals surface area (Å²) in [4.78, 5) is 4.63. The number of benzene rings is 1. The molecule has 5 heteroatoms. The van der Waals surface area contributed by atoms with Crippen LogP contribution in [-0.2, 0) is 0 Å². The predicted molar refractivity (Wildman–Crippen MR) is 83.1 cm³/mol. The SMILES string of the molecule is Cc1cc(Br)cn2cc(-c3ccc(Cl)cc3Cl)nc12. The van der Waals surface area contributed by atoms with Gasteiger partial charge in [-0.3, -0.25) is 0 Å². The third-order valence-corrected chi connectivity index (χ3v) is 3.89. The fourth-order valence-corrected chi connectivity index (χ4v) is 3.12. The van der Waals surface area contributed by atoms with E-state index in [1.54, 1.807) is 6.07 Å². The topological polar surface area (TPSA) is 17.3 Å². The second-order valence-corrected chi connectivity index (χ2v) is 6.08. The van der Waals surface area contributed by atoms with Gasteiger partial charge in [0.2, 0.25) is 0 Å². The Labute approximate surface area is 129 Å². The summed E-state index contributed by atoms with van der Waals surface area (Å²) < 4.78 is 3.00. The average molecular weight is 356 g/mol. The lowest BCUT2D eigenvalue weighted by Crippen LogP contribution is -1.86. The van der Waals surface area contributed by atoms with Gasteiger partial charge in [-0.05, 0) is 52.7 Å². The Morgan fingerprint density at radius 1 is 1.16 bits per heavy atom. The van der Waals surface area contributed by atoms with E-state index in [9.17, 15) is 0 Å². The molecule has 0 aliphatic rings. The summed E-state index contributed by atoms with van der Waals surface area (Å²) >= 11 is 15.6. The van der Waals surface area contributed by atoms with Gasteiger partial charge in [0.05, 0.1) is 10.7 Å². The van der Waals surface area contributed by atoms with E-state index < -0.39 is 0 Å². The minimum atomic E-state index is 0.604. The number of hydrogen-bond acceptors (Lipinski definition) is 1. The normalized spacial score (nSPS) is 11.2. The van der Waals surface area contributed by atoms with Crippen LogP contribution in [0.2, 0.25) is 10.0 Å². The smallest absolute Gasteiger partial charge is 0.140 e. The van der Waals surface area contributed by atoms with Gasteiger partial charge in [-0.1, -0.05) is 23.2 Å². The molecule has 0 amide bonds. The van der Waals surface area contributed by atoms with E-state index in [1.807, 2.05) is 41.9 Å². The number of imidazole rings is 1. The highest BCUT2D eigenvalue weighted by Gasteiger charge is 2.10. The van der Waals surface area contributed by atoms with Gasteiger partial charge < -0.3 is 4.40 Å². The van der Waals surface area contributed by atoms with Gasteiger partial charge in [-0.15, -0.1) is 0 Å². The number of aromatic nitrogens is 2. The van der Waals surface area contributed by atoms with Crippen molar-refractivity contribution in [3.05, 3.63) is 56.7 Å². The van der Waals surface area contributed by atoms with Crippen LogP contribution in [0.15, 0.2) is 41.1 Å². The molecule has 2 heterocycles. The Hall–Kier alpha value is -1.03. The molecule has 0 bridgehead atoms. The summed E-state index contributed by atoms with van der Waals surface area (Å²) in [5, 5.41) is 1.23. The Morgan fingerprint density at radius 2 is 1.95 bits per heavy atom. The molecule has 0 saturated heterocycles. The Morgan fingerprint density at radius 3 is 2.68 bits per heavy atom. The van der Waals surface area contributed by atoms with Crippen molar-refractivity contribution in [1.82, 2.24) is 9.38 Å². The number of pyridine rings is 1. The minimum Gasteiger partial charge on any atom is -0.305 e. The molecular weight excluding hydrogens is 347 g/mol. The molecule has 0 spiro atoms. The summed E-state index contributed by atoms with van der Waals surface area (Å²) in [6, 6.07) is 7.47. The van der Waals surface area contributed by atoms with Crippen molar-refractivity contribution in [2.24, 2.45) is 0 Å². The van der Waals surface area contributed by atoms with Crippen molar-refractivity contribution >= 4 is 44.8 Å². The molecule has 0 radical (unpaired) electrons. The van der Waals surface area contributed by atoms with Gasteiger partial charge >= 0.3 is 0 Å². The number of nitrogens with zero attached hydrogens (tertiary/aromatic N) is 2. The van der Waals surface area contributed by atoms with Crippen LogP contribution in [0.5, 0.6) is 0 Å². The lowest BCUT2D eigenvalue weighted by Gasteiger charge is -2.00. The first kappa shape index (κ1) is 13.0. The molecule has 2 aromatic heterocycles. The minimum absolute atomic E-state index is 0.604. The molecule has 0 saturated carbocycles. The van der Waals surface area contributed by atoms with Crippen LogP contribution in [0.25, 0.3) is 16.9 Å². The van der Waals surface area contributed by atoms with E-state index in [4.69, 9.17) is 23.2 Å². The maximum Gasteiger partial charge on any atom is 0.140 e. The van der Waals surface area contributed by atoms with Crippen LogP contribution >= 0.6 is 39.1 Å². The highest BCUT2D eigenvalue weighted by molar-refractivity contribution is 9.10. The quantitative estimate of drug-likeness (QED) is 0.572. The van der Waals surface area contributed by atoms with E-state index in [0.29, 0.717) is 10.0 Å². The number of aryl methyl sites for hydroxylation is 1. The lowest BCUT2D eigenvalue weighted by molar-refractivity contribution is 1.15. The first-order valence-electron chi connectivity index (χ1n) is 5.65. The van der Waals surface area contributed by atoms with Crippen LogP contribution in [0.1, 0.15) is 5.56 Å². The summed E-state index contributed by atoms with van der Waals surface area (Å²) in [7, 11) is 0. The first-order chi connectivity index (χ1) is 9.04. The number of halogens is 3. The second kappa shape index (κ2) is 4.82. The van der Waals surface area contributed by atoms with Crippen LogP contribution in [0, 0.1) is 6.92 Å². The first-order valence-corrected chi connectivity index (χ1v) is 7.20. The van der Waals surface area contributed by atoms with E-state index in [-0.39, 0.29) is 0 Å². The number of rotatable bonds is 1. The van der Waals surface area contributed by atoms with E-state index >= 15 is 0 Å². The van der Waals surface area contributed by atoms with Crippen molar-refractivity contribution in [1.29, 1.82) is 0 Å². The fraction of sp³-hybridized carbons (Fsp3) is 0.0714. The van der Waals surface area contributed by atoms with E-state index in [2.05, 4.69) is 20.9 Å². The summed E-state index contributed by atoms with van der Waals surface area (Å²) in [5.41, 5.74) is 3.74. The van der Waals surface area contributed by atoms with Gasteiger partial charge in [0.1, 0.15) is 5.65 Å². The maximum absolute atomic E-state index is 6.22. The maximum atomic E-state index is 6.22. The zero-order chi connectivity index (χ0) is 13.6. The van der Waals surface area contributed by atoms with E-state index in [1.165, 1.54) is 0 Å². The molecule has 0 aliphatic heterocycles. The van der Waals surface area contributed by atoms with Crippen molar-refractivity contribution in [2.75, 3.05) is 0 Å². The summed E-state index contributed by atoms with van der Waals surface area (Å²) in [6.45, 7) is 2.03. The molecule has 19 heavy (non-hydrogen) atoms. The third-order valence-electron chi connectivity index (χ3n) is 2.91. The molecule has 0 fully saturated rings. The summed E-state index contributed by atoms with van der Waals surface area (Å²) in [6.07, 6.45) is 3.94. The van der Waals surface area contributed by atoms with Crippen LogP contribution in [-0.4, -0.2) is 9.38 Å². The Balaban J connectivity index is 2.23. The Bertz CT molecular complexity index is 780. The van der Waals surface area contributed by atoms with Crippen LogP contribution in [0.4, 0.5) is 0 Å². The molecular formula is C14H9BrCl2N2. The van der Waals surface area contributed by atoms with Crippen molar-refractivity contribution in [3.63, 3.8) is 0 Å². The largest absolute Gasteiger partial charge is 0.305 e. The highest BCUT2D eigenvalue weighted by Crippen LogP contribution is 2.30. The van der Waals surface area contributed by atoms with Gasteiger partial charge in [0, 0.05) is 27.5 Å². The zero-order valence-electron chi connectivity index (χ0n) is 9.99. The average Bonchev–Trinajstić information content (AvgIpc) is 2.72. The van der Waals surface area contributed by atoms with Gasteiger partial charge in [0.15, 0.2) is 0 Å². The molecule has 1 aromatic carbocycles. The molecule has 96 valence electrons. The molecule has 0 aliphatic carbocycles. The Kier molecular flexibility index (Phi) is 3.29. The van der Waals surface area contributed by atoms with Crippen molar-refractivity contribution < 1.29 is 0 Å². The monoisotopic (exact) mass is 354 g/mol. The molecule has 3 rings (SSSR count). The van der Waals surface area contributed by atoms with Gasteiger partial charge in [0.25, 0.3) is 0 Å². The summed E-state index contributed by atoms with van der Waals surface area (Å²) in [5.74, 6) is 0. The molecule has 2 nitrogen and oxygen atoms in total. The van der Waals surface area contributed by atoms with Gasteiger partial charge in [-0.2, -0.15) is 0 Å². The zero-order valence-corrected chi connectivity index (χ0v) is 13.1. The predicted octanol–water partition coefficient (Wildman–Crippen LogP) is 5.38. The number of hydrogen-bond donors (Lipinski definition) is 0. The fourth-order valence-electron chi connectivity index (χ4n) is 2.05. The second-order valence-electron chi connectivity index (χ2n) is 4.32. The highest BCUT2D eigenvalue weighted by atomic mass is 79.9. The molecule has 0 atom stereocenters. The van der Waals surface area contributed by atoms with Crippen LogP contribution in [0.3, 0.4) is 0 Å².